The fraction of sp³-hybridized carbons (Fsp3) is 0.314. The zero-order valence-corrected chi connectivity index (χ0v) is 28.6. The number of rotatable bonds is 8. The minimum atomic E-state index is -0.411. The molecule has 1 saturated carbocycles. The van der Waals surface area contributed by atoms with Crippen molar-refractivity contribution < 1.29 is 54.0 Å². The van der Waals surface area contributed by atoms with Gasteiger partial charge in [-0.15, -0.1) is 0 Å². The molecule has 2 heterocycles. The van der Waals surface area contributed by atoms with Crippen molar-refractivity contribution in [3.8, 4) is 0 Å². The van der Waals surface area contributed by atoms with Gasteiger partial charge in [-0.3, -0.25) is 4.79 Å². The Morgan fingerprint density at radius 1 is 0.951 bits per heavy atom. The molecule has 2 N–H and O–H groups in total. The summed E-state index contributed by atoms with van der Waals surface area (Å²) in [7, 11) is 0. The number of carbonyl (C=O) groups excluding carboxylic acids is 1. The number of para-hydroxylation sites is 1. The molecule has 41 heavy (non-hydrogen) atoms. The van der Waals surface area contributed by atoms with Crippen LogP contribution in [0.15, 0.2) is 84.9 Å². The number of hydrogen-bond acceptors (Lipinski definition) is 3. The molecule has 1 fully saturated rings. The summed E-state index contributed by atoms with van der Waals surface area (Å²) >= 11 is 0. The molecular weight excluding hydrogens is 721 g/mol. The number of aliphatic hydroxyl groups excluding tert-OH is 1. The summed E-state index contributed by atoms with van der Waals surface area (Å²) in [6, 6.07) is 28.6. The van der Waals surface area contributed by atoms with Gasteiger partial charge in [0, 0.05) is 67.1 Å². The van der Waals surface area contributed by atoms with Crippen molar-refractivity contribution in [3.63, 3.8) is 0 Å². The van der Waals surface area contributed by atoms with Crippen molar-refractivity contribution in [1.82, 2.24) is 14.9 Å². The Morgan fingerprint density at radius 2 is 1.63 bits per heavy atom. The van der Waals surface area contributed by atoms with Crippen LogP contribution in [0.3, 0.4) is 0 Å². The van der Waals surface area contributed by atoms with E-state index in [0.717, 1.165) is 48.2 Å². The third-order valence-electron chi connectivity index (χ3n) is 8.58. The number of aliphatic hydroxyl groups is 1. The number of aromatic nitrogens is 2. The molecule has 2 aromatic heterocycles. The van der Waals surface area contributed by atoms with E-state index in [1.54, 1.807) is 0 Å². The van der Waals surface area contributed by atoms with E-state index < -0.39 is 6.04 Å². The van der Waals surface area contributed by atoms with Crippen LogP contribution in [0.1, 0.15) is 65.6 Å². The molecule has 1 aliphatic rings. The fourth-order valence-electron chi connectivity index (χ4n) is 6.66. The van der Waals surface area contributed by atoms with Gasteiger partial charge in [0.25, 0.3) is 0 Å². The van der Waals surface area contributed by atoms with Gasteiger partial charge in [0.15, 0.2) is 0 Å². The second-order valence-electron chi connectivity index (χ2n) is 11.3. The van der Waals surface area contributed by atoms with Gasteiger partial charge in [-0.05, 0) is 67.0 Å². The van der Waals surface area contributed by atoms with Crippen LogP contribution in [0.2, 0.25) is 0 Å². The van der Waals surface area contributed by atoms with Gasteiger partial charge in [0.1, 0.15) is 5.65 Å². The van der Waals surface area contributed by atoms with Crippen molar-refractivity contribution in [2.75, 3.05) is 6.61 Å². The van der Waals surface area contributed by atoms with E-state index in [9.17, 15) is 9.90 Å². The number of hydrogen-bond donors (Lipinski definition) is 2. The molecule has 3 aromatic carbocycles. The predicted molar refractivity (Wildman–Crippen MR) is 161 cm³/mol. The zero-order chi connectivity index (χ0) is 27.6. The first-order valence-corrected chi connectivity index (χ1v) is 14.4. The van der Waals surface area contributed by atoms with Gasteiger partial charge in [0.05, 0.1) is 24.1 Å². The molecule has 1 aliphatic carbocycles. The number of nitrogens with one attached hydrogen (secondary N) is 1. The van der Waals surface area contributed by atoms with Crippen LogP contribution in [0.25, 0.3) is 21.9 Å². The van der Waals surface area contributed by atoms with Crippen LogP contribution in [-0.4, -0.2) is 27.2 Å². The van der Waals surface area contributed by atoms with Crippen LogP contribution in [-0.2, 0) is 11.3 Å². The number of benzene rings is 3. The number of carbonyl (C=O) groups is 1. The van der Waals surface area contributed by atoms with Gasteiger partial charge in [-0.1, -0.05) is 85.6 Å². The van der Waals surface area contributed by atoms with Gasteiger partial charge in [-0.2, -0.15) is 0 Å². The largest absolute Gasteiger partial charge is 0.394 e. The van der Waals surface area contributed by atoms with Gasteiger partial charge in [-0.25, -0.2) is 4.98 Å². The molecule has 5 aromatic rings. The van der Waals surface area contributed by atoms with Gasteiger partial charge in [0.2, 0.25) is 5.91 Å². The Balaban J connectivity index is 0.00000337. The summed E-state index contributed by atoms with van der Waals surface area (Å²) in [5.41, 5.74) is 7.61. The van der Waals surface area contributed by atoms with Crippen molar-refractivity contribution in [2.45, 2.75) is 58.0 Å². The molecule has 1 amide bonds. The first kappa shape index (κ1) is 30.0. The normalized spacial score (nSPS) is 15.1. The van der Waals surface area contributed by atoms with Gasteiger partial charge < -0.3 is 15.0 Å². The van der Waals surface area contributed by atoms with Crippen molar-refractivity contribution >= 4 is 27.8 Å². The summed E-state index contributed by atoms with van der Waals surface area (Å²) in [6.45, 7) is 4.80. The van der Waals surface area contributed by atoms with Crippen molar-refractivity contribution in [3.05, 3.63) is 113 Å². The monoisotopic (exact) mass is 758 g/mol. The summed E-state index contributed by atoms with van der Waals surface area (Å²) in [5.74, 6) is 0.0862. The molecule has 6 rings (SSSR count). The average Bonchev–Trinajstić information content (AvgIpc) is 3.60. The molecule has 2 atom stereocenters. The third-order valence-corrected chi connectivity index (χ3v) is 8.58. The Labute approximate surface area is 277 Å². The molecule has 0 aliphatic heterocycles. The quantitative estimate of drug-likeness (QED) is 0.180. The Kier molecular flexibility index (Phi) is 9.64. The molecule has 207 valence electrons. The van der Waals surface area contributed by atoms with Crippen molar-refractivity contribution in [1.29, 1.82) is 0 Å². The Hall–Kier alpha value is -2.52. The molecule has 1 radical (unpaired) electrons. The number of fused-ring (bicyclic) bond motifs is 3. The number of amides is 1. The smallest absolute Gasteiger partial charge is 0.228 e. The van der Waals surface area contributed by atoms with E-state index in [0.29, 0.717) is 12.5 Å². The average molecular weight is 759 g/mol. The molecular formula is C35H37AcN3O2. The van der Waals surface area contributed by atoms with Crippen LogP contribution >= 0.6 is 0 Å². The Morgan fingerprint density at radius 3 is 2.34 bits per heavy atom. The molecule has 1 unspecified atom stereocenters. The van der Waals surface area contributed by atoms with Crippen LogP contribution < -0.4 is 5.32 Å². The SMILES string of the molecule is Cc1cc(C)c2c3ccccc3n(Cc3ccc([C@@H](C(=O)NC(CO)c4ccccc4)C4CCCC4)cc3)c2n1.[Ac]. The van der Waals surface area contributed by atoms with Gasteiger partial charge >= 0.3 is 0 Å². The second-order valence-corrected chi connectivity index (χ2v) is 11.3. The minimum Gasteiger partial charge on any atom is -0.394 e. The first-order chi connectivity index (χ1) is 19.5. The summed E-state index contributed by atoms with van der Waals surface area (Å²) < 4.78 is 2.31. The number of aryl methyl sites for hydroxylation is 2. The maximum Gasteiger partial charge on any atom is 0.228 e. The van der Waals surface area contributed by atoms with E-state index in [1.807, 2.05) is 30.3 Å². The topological polar surface area (TPSA) is 67.2 Å². The fourth-order valence-corrected chi connectivity index (χ4v) is 6.66. The maximum atomic E-state index is 13.7. The van der Waals surface area contributed by atoms with Crippen LogP contribution in [0, 0.1) is 63.8 Å². The summed E-state index contributed by atoms with van der Waals surface area (Å²) in [4.78, 5) is 18.7. The first-order valence-electron chi connectivity index (χ1n) is 14.4. The molecule has 5 nitrogen and oxygen atoms in total. The van der Waals surface area contributed by atoms with Crippen LogP contribution in [0.4, 0.5) is 0 Å². The predicted octanol–water partition coefficient (Wildman–Crippen LogP) is 6.98. The Bertz CT molecular complexity index is 1640. The maximum absolute atomic E-state index is 13.7. The summed E-state index contributed by atoms with van der Waals surface area (Å²) in [6.07, 6.45) is 4.43. The third kappa shape index (κ3) is 6.17. The standard InChI is InChI=1S/C35H37N3O2.Ac/c1-23-20-24(2)36-34-32(23)29-14-8-9-15-31(29)38(34)21-25-16-18-28(19-17-25)33(27-12-6-7-13-27)35(40)37-30(22-39)26-10-4-3-5-11-26;/h3-5,8-11,14-20,27,30,33,39H,6-7,12-13,21-22H2,1-2H3,(H,37,40);/t30?,33-;/m0./s1. The molecule has 0 spiro atoms. The van der Waals surface area contributed by atoms with Crippen molar-refractivity contribution in [2.24, 2.45) is 5.92 Å². The van der Waals surface area contributed by atoms with Crippen LogP contribution in [0.5, 0.6) is 0 Å². The number of nitrogens with zero attached hydrogens (tertiary/aromatic N) is 2. The van der Waals surface area contributed by atoms with E-state index >= 15 is 0 Å². The minimum absolute atomic E-state index is 0. The molecule has 0 bridgehead atoms. The van der Waals surface area contributed by atoms with E-state index in [-0.39, 0.29) is 62.5 Å². The van der Waals surface area contributed by atoms with E-state index in [2.05, 4.69) is 78.3 Å². The zero-order valence-electron chi connectivity index (χ0n) is 23.9. The van der Waals surface area contributed by atoms with E-state index in [4.69, 9.17) is 4.98 Å². The van der Waals surface area contributed by atoms with E-state index in [1.165, 1.54) is 27.4 Å². The summed E-state index contributed by atoms with van der Waals surface area (Å²) in [5, 5.41) is 15.7. The molecule has 0 saturated heterocycles. The number of pyridine rings is 1. The molecule has 6 heteroatoms. The second kappa shape index (κ2) is 13.2.